The predicted octanol–water partition coefficient (Wildman–Crippen LogP) is 0.430. The molecule has 25 heavy (non-hydrogen) atoms. The maximum atomic E-state index is 12.8. The topological polar surface area (TPSA) is 73.4 Å². The van der Waals surface area contributed by atoms with Crippen LogP contribution < -0.4 is 0 Å². The molecule has 0 aromatic carbocycles. The number of nitrogens with zero attached hydrogens (tertiary/aromatic N) is 4. The molecule has 0 N–H and O–H groups in total. The molecule has 0 spiro atoms. The van der Waals surface area contributed by atoms with E-state index >= 15 is 0 Å². The van der Waals surface area contributed by atoms with E-state index in [9.17, 15) is 14.4 Å². The molecule has 0 rings (SSSR count). The van der Waals surface area contributed by atoms with E-state index in [1.807, 2.05) is 25.8 Å². The first kappa shape index (κ1) is 23.3. The van der Waals surface area contributed by atoms with Crippen LogP contribution in [0.1, 0.15) is 34.6 Å². The Morgan fingerprint density at radius 1 is 0.960 bits per heavy atom. The Morgan fingerprint density at radius 3 is 1.84 bits per heavy atom. The Morgan fingerprint density at radius 2 is 1.44 bits per heavy atom. The number of likely N-dealkylation sites (N-methyl/N-ethyl adjacent to an activating group) is 4. The van der Waals surface area contributed by atoms with Crippen molar-refractivity contribution in [3.63, 3.8) is 0 Å². The van der Waals surface area contributed by atoms with E-state index in [-0.39, 0.29) is 23.8 Å². The molecule has 3 amide bonds. The van der Waals surface area contributed by atoms with E-state index in [0.29, 0.717) is 0 Å². The molecule has 2 unspecified atom stereocenters. The fourth-order valence-corrected chi connectivity index (χ4v) is 2.28. The highest BCUT2D eigenvalue weighted by atomic mass is 16.7. The average Bonchev–Trinajstić information content (AvgIpc) is 2.61. The van der Waals surface area contributed by atoms with Crippen LogP contribution in [0.3, 0.4) is 0 Å². The fraction of sp³-hybridized carbons (Fsp3) is 0.824. The molecular formula is C17H34N4O4. The normalized spacial score (nSPS) is 14.0. The summed E-state index contributed by atoms with van der Waals surface area (Å²) in [5.41, 5.74) is -1.11. The number of hydroxylamine groups is 2. The first-order valence-corrected chi connectivity index (χ1v) is 8.41. The van der Waals surface area contributed by atoms with Crippen molar-refractivity contribution >= 4 is 17.7 Å². The Kier molecular flexibility index (Phi) is 8.53. The molecule has 0 aliphatic carbocycles. The minimum atomic E-state index is -1.11. The Bertz CT molecular complexity index is 495. The van der Waals surface area contributed by atoms with Crippen molar-refractivity contribution in [1.29, 1.82) is 0 Å². The van der Waals surface area contributed by atoms with E-state index in [4.69, 9.17) is 4.84 Å². The van der Waals surface area contributed by atoms with Crippen molar-refractivity contribution in [2.24, 2.45) is 0 Å². The van der Waals surface area contributed by atoms with Gasteiger partial charge in [0.1, 0.15) is 11.6 Å². The van der Waals surface area contributed by atoms with Gasteiger partial charge in [0.15, 0.2) is 0 Å². The lowest BCUT2D eigenvalue weighted by atomic mass is 10.0. The van der Waals surface area contributed by atoms with E-state index in [0.717, 1.165) is 11.6 Å². The van der Waals surface area contributed by atoms with Crippen LogP contribution in [0.4, 0.5) is 0 Å². The van der Waals surface area contributed by atoms with Gasteiger partial charge < -0.3 is 9.80 Å². The lowest BCUT2D eigenvalue weighted by molar-refractivity contribution is -0.182. The predicted molar refractivity (Wildman–Crippen MR) is 96.6 cm³/mol. The molecule has 0 heterocycles. The molecule has 0 saturated carbocycles. The summed E-state index contributed by atoms with van der Waals surface area (Å²) in [6, 6.07) is -1.02. The molecule has 0 saturated heterocycles. The molecule has 8 nitrogen and oxygen atoms in total. The van der Waals surface area contributed by atoms with Crippen molar-refractivity contribution in [1.82, 2.24) is 19.8 Å². The number of rotatable bonds is 8. The third-order valence-electron chi connectivity index (χ3n) is 5.06. The molecule has 146 valence electrons. The summed E-state index contributed by atoms with van der Waals surface area (Å²) in [6.45, 7) is 9.45. The smallest absolute Gasteiger partial charge is 0.271 e. The molecule has 2 atom stereocenters. The zero-order valence-electron chi connectivity index (χ0n) is 17.3. The van der Waals surface area contributed by atoms with Gasteiger partial charge in [0.05, 0.1) is 13.2 Å². The second-order valence-electron chi connectivity index (χ2n) is 6.82. The van der Waals surface area contributed by atoms with Crippen LogP contribution in [0.5, 0.6) is 0 Å². The van der Waals surface area contributed by atoms with Crippen LogP contribution in [0.2, 0.25) is 0 Å². The maximum absolute atomic E-state index is 12.8. The Hall–Kier alpha value is -1.67. The lowest BCUT2D eigenvalue weighted by Gasteiger charge is -2.39. The quantitative estimate of drug-likeness (QED) is 0.589. The summed E-state index contributed by atoms with van der Waals surface area (Å²) in [5, 5.41) is 1.08. The summed E-state index contributed by atoms with van der Waals surface area (Å²) in [7, 11) is 7.90. The van der Waals surface area contributed by atoms with Crippen molar-refractivity contribution in [2.45, 2.75) is 52.2 Å². The molecule has 0 bridgehead atoms. The van der Waals surface area contributed by atoms with Gasteiger partial charge in [-0.25, -0.2) is 5.06 Å². The molecule has 0 fully saturated rings. The largest absolute Gasteiger partial charge is 0.333 e. The number of hydrogen-bond donors (Lipinski definition) is 0. The van der Waals surface area contributed by atoms with Gasteiger partial charge >= 0.3 is 0 Å². The third-order valence-corrected chi connectivity index (χ3v) is 5.06. The Labute approximate surface area is 151 Å². The van der Waals surface area contributed by atoms with Crippen molar-refractivity contribution < 1.29 is 19.2 Å². The van der Waals surface area contributed by atoms with Gasteiger partial charge in [0.2, 0.25) is 11.8 Å². The highest BCUT2D eigenvalue weighted by molar-refractivity contribution is 5.94. The number of carbonyl (C=O) groups excluding carboxylic acids is 3. The standard InChI is InChI=1S/C17H34N4O4/c1-11-18(6)12(2)14(22)19(7)13(3)15(23)20(8)17(4,5)16(24)21(9)25-10/h12-13H,11H2,1-10H3. The lowest BCUT2D eigenvalue weighted by Crippen LogP contribution is -2.60. The zero-order chi connectivity index (χ0) is 20.1. The third kappa shape index (κ3) is 5.15. The van der Waals surface area contributed by atoms with Crippen molar-refractivity contribution in [2.75, 3.05) is 41.8 Å². The molecule has 0 aliphatic rings. The first-order valence-electron chi connectivity index (χ1n) is 8.41. The zero-order valence-corrected chi connectivity index (χ0v) is 17.3. The minimum Gasteiger partial charge on any atom is -0.333 e. The number of hydrogen-bond acceptors (Lipinski definition) is 5. The van der Waals surface area contributed by atoms with Crippen LogP contribution in [-0.4, -0.2) is 97.0 Å². The van der Waals surface area contributed by atoms with E-state index in [1.54, 1.807) is 34.9 Å². The van der Waals surface area contributed by atoms with Gasteiger partial charge in [-0.2, -0.15) is 0 Å². The summed E-state index contributed by atoms with van der Waals surface area (Å²) < 4.78 is 0. The molecule has 0 aliphatic heterocycles. The van der Waals surface area contributed by atoms with Crippen LogP contribution >= 0.6 is 0 Å². The molecule has 8 heteroatoms. The molecule has 0 aromatic heterocycles. The highest BCUT2D eigenvalue weighted by Gasteiger charge is 2.40. The molecule has 0 radical (unpaired) electrons. The molecule has 0 aromatic rings. The minimum absolute atomic E-state index is 0.142. The van der Waals surface area contributed by atoms with Crippen molar-refractivity contribution in [3.8, 4) is 0 Å². The van der Waals surface area contributed by atoms with Gasteiger partial charge in [-0.3, -0.25) is 24.1 Å². The van der Waals surface area contributed by atoms with Crippen LogP contribution in [0.25, 0.3) is 0 Å². The number of amides is 3. The summed E-state index contributed by atoms with van der Waals surface area (Å²) >= 11 is 0. The molecular weight excluding hydrogens is 324 g/mol. The summed E-state index contributed by atoms with van der Waals surface area (Å²) in [4.78, 5) is 47.4. The van der Waals surface area contributed by atoms with Crippen LogP contribution in [-0.2, 0) is 19.2 Å². The monoisotopic (exact) mass is 358 g/mol. The van der Waals surface area contributed by atoms with E-state index in [1.165, 1.54) is 24.0 Å². The number of carbonyl (C=O) groups is 3. The second-order valence-corrected chi connectivity index (χ2v) is 6.82. The maximum Gasteiger partial charge on any atom is 0.271 e. The average molecular weight is 358 g/mol. The van der Waals surface area contributed by atoms with Crippen LogP contribution in [0.15, 0.2) is 0 Å². The highest BCUT2D eigenvalue weighted by Crippen LogP contribution is 2.18. The van der Waals surface area contributed by atoms with Gasteiger partial charge in [0.25, 0.3) is 5.91 Å². The Balaban J connectivity index is 5.26. The van der Waals surface area contributed by atoms with Gasteiger partial charge in [-0.1, -0.05) is 6.92 Å². The fourth-order valence-electron chi connectivity index (χ4n) is 2.28. The van der Waals surface area contributed by atoms with E-state index < -0.39 is 11.6 Å². The summed E-state index contributed by atoms with van der Waals surface area (Å²) in [5.74, 6) is -0.812. The van der Waals surface area contributed by atoms with Crippen LogP contribution in [0, 0.1) is 0 Å². The SMILES string of the molecule is CCN(C)C(C)C(=O)N(C)C(C)C(=O)N(C)C(C)(C)C(=O)N(C)OC. The van der Waals surface area contributed by atoms with Gasteiger partial charge in [0, 0.05) is 21.1 Å². The van der Waals surface area contributed by atoms with E-state index in [2.05, 4.69) is 0 Å². The van der Waals surface area contributed by atoms with Crippen molar-refractivity contribution in [3.05, 3.63) is 0 Å². The summed E-state index contributed by atoms with van der Waals surface area (Å²) in [6.07, 6.45) is 0. The second kappa shape index (κ2) is 9.15. The first-order chi connectivity index (χ1) is 11.3. The van der Waals surface area contributed by atoms with Gasteiger partial charge in [-0.15, -0.1) is 0 Å². The van der Waals surface area contributed by atoms with Gasteiger partial charge in [-0.05, 0) is 41.3 Å².